The molecule has 0 spiro atoms. The molecule has 6 heteroatoms. The van der Waals surface area contributed by atoms with Gasteiger partial charge in [-0.2, -0.15) is 5.10 Å². The summed E-state index contributed by atoms with van der Waals surface area (Å²) in [7, 11) is 0. The van der Waals surface area contributed by atoms with Crippen molar-refractivity contribution in [2.24, 2.45) is 5.10 Å². The lowest BCUT2D eigenvalue weighted by Crippen LogP contribution is -2.32. The van der Waals surface area contributed by atoms with E-state index in [2.05, 4.69) is 15.8 Å². The van der Waals surface area contributed by atoms with E-state index >= 15 is 0 Å². The standard InChI is InChI=1S/C19H21N3O3/c1-4-25-17-8-6-5-7-15(17)12-20-22-19(24)18(23)21-16-10-9-13(2)14(3)11-16/h5-12H,4H2,1-3H3,(H,21,23)(H,22,24)/b20-12+. The van der Waals surface area contributed by atoms with Crippen molar-refractivity contribution in [2.45, 2.75) is 20.8 Å². The molecule has 0 atom stereocenters. The first-order valence-electron chi connectivity index (χ1n) is 7.94. The van der Waals surface area contributed by atoms with Gasteiger partial charge < -0.3 is 10.1 Å². The third-order valence-electron chi connectivity index (χ3n) is 3.56. The van der Waals surface area contributed by atoms with Crippen LogP contribution in [0.5, 0.6) is 5.75 Å². The second kappa shape index (κ2) is 8.63. The van der Waals surface area contributed by atoms with Gasteiger partial charge in [0.1, 0.15) is 5.75 Å². The van der Waals surface area contributed by atoms with E-state index in [0.717, 1.165) is 11.1 Å². The number of nitrogens with zero attached hydrogens (tertiary/aromatic N) is 1. The molecule has 0 aliphatic heterocycles. The molecule has 2 aromatic rings. The van der Waals surface area contributed by atoms with Crippen molar-refractivity contribution in [3.63, 3.8) is 0 Å². The van der Waals surface area contributed by atoms with Crippen LogP contribution in [0.25, 0.3) is 0 Å². The molecule has 25 heavy (non-hydrogen) atoms. The number of rotatable bonds is 5. The Hall–Kier alpha value is -3.15. The minimum atomic E-state index is -0.844. The molecule has 2 N–H and O–H groups in total. The number of benzene rings is 2. The average Bonchev–Trinajstić information content (AvgIpc) is 2.59. The van der Waals surface area contributed by atoms with Gasteiger partial charge in [0.25, 0.3) is 0 Å². The number of anilines is 1. The molecule has 0 aliphatic carbocycles. The summed E-state index contributed by atoms with van der Waals surface area (Å²) in [5.74, 6) is -0.968. The monoisotopic (exact) mass is 339 g/mol. The Kier molecular flexibility index (Phi) is 6.28. The lowest BCUT2D eigenvalue weighted by Gasteiger charge is -2.07. The topological polar surface area (TPSA) is 79.8 Å². The molecule has 0 heterocycles. The smallest absolute Gasteiger partial charge is 0.329 e. The number of hydrogen-bond acceptors (Lipinski definition) is 4. The molecule has 130 valence electrons. The number of ether oxygens (including phenoxy) is 1. The first kappa shape index (κ1) is 18.2. The normalized spacial score (nSPS) is 10.5. The second-order valence-electron chi connectivity index (χ2n) is 5.42. The van der Waals surface area contributed by atoms with Crippen molar-refractivity contribution in [3.8, 4) is 5.75 Å². The molecule has 2 aromatic carbocycles. The van der Waals surface area contributed by atoms with Crippen LogP contribution in [0.2, 0.25) is 0 Å². The lowest BCUT2D eigenvalue weighted by atomic mass is 10.1. The summed E-state index contributed by atoms with van der Waals surface area (Å²) in [5.41, 5.74) is 5.62. The van der Waals surface area contributed by atoms with E-state index in [9.17, 15) is 9.59 Å². The Morgan fingerprint density at radius 3 is 2.56 bits per heavy atom. The van der Waals surface area contributed by atoms with E-state index in [-0.39, 0.29) is 0 Å². The van der Waals surface area contributed by atoms with Gasteiger partial charge in [0, 0.05) is 11.3 Å². The number of carbonyl (C=O) groups is 2. The maximum Gasteiger partial charge on any atom is 0.329 e. The van der Waals surface area contributed by atoms with Gasteiger partial charge in [0.15, 0.2) is 0 Å². The first-order valence-corrected chi connectivity index (χ1v) is 7.94. The van der Waals surface area contributed by atoms with Gasteiger partial charge in [-0.1, -0.05) is 18.2 Å². The van der Waals surface area contributed by atoms with Crippen LogP contribution >= 0.6 is 0 Å². The van der Waals surface area contributed by atoms with Crippen molar-refractivity contribution >= 4 is 23.7 Å². The van der Waals surface area contributed by atoms with Crippen LogP contribution in [0.15, 0.2) is 47.6 Å². The van der Waals surface area contributed by atoms with Crippen molar-refractivity contribution in [3.05, 3.63) is 59.2 Å². The van der Waals surface area contributed by atoms with Gasteiger partial charge in [-0.3, -0.25) is 9.59 Å². The van der Waals surface area contributed by atoms with Crippen LogP contribution < -0.4 is 15.5 Å². The summed E-state index contributed by atoms with van der Waals surface area (Å²) in [5, 5.41) is 6.35. The maximum absolute atomic E-state index is 11.9. The van der Waals surface area contributed by atoms with Gasteiger partial charge in [-0.25, -0.2) is 5.43 Å². The summed E-state index contributed by atoms with van der Waals surface area (Å²) >= 11 is 0. The predicted octanol–water partition coefficient (Wildman–Crippen LogP) is 2.79. The number of carbonyl (C=O) groups excluding carboxylic acids is 2. The van der Waals surface area contributed by atoms with Crippen LogP contribution in [-0.4, -0.2) is 24.6 Å². The molecule has 0 aromatic heterocycles. The van der Waals surface area contributed by atoms with E-state index in [1.54, 1.807) is 18.2 Å². The van der Waals surface area contributed by atoms with Crippen molar-refractivity contribution in [1.29, 1.82) is 0 Å². The third kappa shape index (κ3) is 5.17. The Morgan fingerprint density at radius 1 is 1.08 bits per heavy atom. The summed E-state index contributed by atoms with van der Waals surface area (Å²) in [4.78, 5) is 23.7. The minimum absolute atomic E-state index is 0.523. The summed E-state index contributed by atoms with van der Waals surface area (Å²) in [6.07, 6.45) is 1.44. The Morgan fingerprint density at radius 2 is 1.84 bits per heavy atom. The van der Waals surface area contributed by atoms with Gasteiger partial charge >= 0.3 is 11.8 Å². The molecule has 0 saturated carbocycles. The molecular weight excluding hydrogens is 318 g/mol. The highest BCUT2D eigenvalue weighted by Crippen LogP contribution is 2.15. The van der Waals surface area contributed by atoms with Crippen molar-refractivity contribution < 1.29 is 14.3 Å². The van der Waals surface area contributed by atoms with Crippen LogP contribution in [0.3, 0.4) is 0 Å². The highest BCUT2D eigenvalue weighted by Gasteiger charge is 2.13. The summed E-state index contributed by atoms with van der Waals surface area (Å²) in [6.45, 7) is 6.32. The summed E-state index contributed by atoms with van der Waals surface area (Å²) < 4.78 is 5.46. The van der Waals surface area contributed by atoms with E-state index < -0.39 is 11.8 Å². The van der Waals surface area contributed by atoms with Crippen LogP contribution in [0, 0.1) is 13.8 Å². The van der Waals surface area contributed by atoms with E-state index in [4.69, 9.17) is 4.74 Å². The van der Waals surface area contributed by atoms with E-state index in [0.29, 0.717) is 23.6 Å². The molecule has 0 radical (unpaired) electrons. The fourth-order valence-electron chi connectivity index (χ4n) is 2.09. The first-order chi connectivity index (χ1) is 12.0. The summed E-state index contributed by atoms with van der Waals surface area (Å²) in [6, 6.07) is 12.7. The Balaban J connectivity index is 1.95. The van der Waals surface area contributed by atoms with E-state index in [1.165, 1.54) is 6.21 Å². The molecular formula is C19H21N3O3. The van der Waals surface area contributed by atoms with Gasteiger partial charge in [0.2, 0.25) is 0 Å². The van der Waals surface area contributed by atoms with Crippen molar-refractivity contribution in [1.82, 2.24) is 5.43 Å². The quantitative estimate of drug-likeness (QED) is 0.499. The average molecular weight is 339 g/mol. The minimum Gasteiger partial charge on any atom is -0.493 e. The fourth-order valence-corrected chi connectivity index (χ4v) is 2.09. The number of aryl methyl sites for hydroxylation is 2. The van der Waals surface area contributed by atoms with Gasteiger partial charge in [-0.05, 0) is 56.2 Å². The third-order valence-corrected chi connectivity index (χ3v) is 3.56. The Bertz CT molecular complexity index is 800. The number of amides is 2. The maximum atomic E-state index is 11.9. The molecule has 0 bridgehead atoms. The van der Waals surface area contributed by atoms with Crippen LogP contribution in [0.4, 0.5) is 5.69 Å². The highest BCUT2D eigenvalue weighted by molar-refractivity contribution is 6.39. The molecule has 2 rings (SSSR count). The zero-order valence-corrected chi connectivity index (χ0v) is 14.5. The molecule has 0 unspecified atom stereocenters. The molecule has 0 fully saturated rings. The molecule has 0 saturated heterocycles. The molecule has 2 amide bonds. The largest absolute Gasteiger partial charge is 0.493 e. The zero-order chi connectivity index (χ0) is 18.2. The number of para-hydroxylation sites is 1. The highest BCUT2D eigenvalue weighted by atomic mass is 16.5. The predicted molar refractivity (Wildman–Crippen MR) is 97.9 cm³/mol. The van der Waals surface area contributed by atoms with Crippen molar-refractivity contribution in [2.75, 3.05) is 11.9 Å². The van der Waals surface area contributed by atoms with E-state index in [1.807, 2.05) is 45.0 Å². The Labute approximate surface area is 146 Å². The molecule has 0 aliphatic rings. The van der Waals surface area contributed by atoms with Crippen LogP contribution in [0.1, 0.15) is 23.6 Å². The number of hydrazone groups is 1. The fraction of sp³-hybridized carbons (Fsp3) is 0.211. The van der Waals surface area contributed by atoms with Gasteiger partial charge in [-0.15, -0.1) is 0 Å². The number of hydrogen-bond donors (Lipinski definition) is 2. The molecule has 6 nitrogen and oxygen atoms in total. The lowest BCUT2D eigenvalue weighted by molar-refractivity contribution is -0.136. The van der Waals surface area contributed by atoms with Gasteiger partial charge in [0.05, 0.1) is 12.8 Å². The van der Waals surface area contributed by atoms with Crippen LogP contribution in [-0.2, 0) is 9.59 Å². The second-order valence-corrected chi connectivity index (χ2v) is 5.42. The zero-order valence-electron chi connectivity index (χ0n) is 14.5. The number of nitrogens with one attached hydrogen (secondary N) is 2. The SMILES string of the molecule is CCOc1ccccc1/C=N/NC(=O)C(=O)Nc1ccc(C)c(C)c1.